The fourth-order valence-corrected chi connectivity index (χ4v) is 6.17. The van der Waals surface area contributed by atoms with Crippen LogP contribution in [0.5, 0.6) is 0 Å². The minimum absolute atomic E-state index is 0.0350. The highest BCUT2D eigenvalue weighted by atomic mass is 16.2. The summed E-state index contributed by atoms with van der Waals surface area (Å²) in [5.41, 5.74) is 0.0350. The summed E-state index contributed by atoms with van der Waals surface area (Å²) < 4.78 is 0. The van der Waals surface area contributed by atoms with Gasteiger partial charge in [0.2, 0.25) is 5.91 Å². The molecule has 23 heavy (non-hydrogen) atoms. The molecule has 5 aliphatic rings. The SMILES string of the molecule is O=C(NCCCCN1CCNCC1)C12CC3CC(CC(C3)C1)C2. The average Bonchev–Trinajstić information content (AvgIpc) is 2.54. The summed E-state index contributed by atoms with van der Waals surface area (Å²) in [6.07, 6.45) is 10.1. The van der Waals surface area contributed by atoms with Gasteiger partial charge in [0.05, 0.1) is 0 Å². The standard InChI is InChI=1S/C19H33N3O/c23-18(21-3-1-2-6-22-7-4-20-5-8-22)19-12-15-9-16(13-19)11-17(10-15)14-19/h15-17,20H,1-14H2,(H,21,23). The molecule has 0 aromatic carbocycles. The van der Waals surface area contributed by atoms with Crippen molar-refractivity contribution in [2.75, 3.05) is 39.3 Å². The second-order valence-electron chi connectivity index (χ2n) is 8.75. The van der Waals surface area contributed by atoms with Crippen LogP contribution in [0.25, 0.3) is 0 Å². The third-order valence-electron chi connectivity index (χ3n) is 6.92. The minimum atomic E-state index is 0.0350. The van der Waals surface area contributed by atoms with Crippen molar-refractivity contribution in [2.45, 2.75) is 51.4 Å². The van der Waals surface area contributed by atoms with Crippen LogP contribution in [0.4, 0.5) is 0 Å². The fourth-order valence-electron chi connectivity index (χ4n) is 6.17. The maximum absolute atomic E-state index is 12.8. The van der Waals surface area contributed by atoms with Crippen molar-refractivity contribution in [3.8, 4) is 0 Å². The van der Waals surface area contributed by atoms with E-state index in [1.807, 2.05) is 0 Å². The average molecular weight is 319 g/mol. The van der Waals surface area contributed by atoms with E-state index in [0.29, 0.717) is 5.91 Å². The Labute approximate surface area is 140 Å². The van der Waals surface area contributed by atoms with Gasteiger partial charge in [0.1, 0.15) is 0 Å². The summed E-state index contributed by atoms with van der Waals surface area (Å²) in [6.45, 7) is 6.69. The van der Waals surface area contributed by atoms with E-state index in [0.717, 1.165) is 43.8 Å². The number of piperazine rings is 1. The topological polar surface area (TPSA) is 44.4 Å². The first-order valence-corrected chi connectivity index (χ1v) is 9.95. The number of carbonyl (C=O) groups is 1. The molecular weight excluding hydrogens is 286 g/mol. The molecule has 0 unspecified atom stereocenters. The van der Waals surface area contributed by atoms with Gasteiger partial charge in [-0.25, -0.2) is 0 Å². The molecule has 1 heterocycles. The maximum Gasteiger partial charge on any atom is 0.226 e. The predicted octanol–water partition coefficient (Wildman–Crippen LogP) is 2.00. The monoisotopic (exact) mass is 319 g/mol. The quantitative estimate of drug-likeness (QED) is 0.736. The van der Waals surface area contributed by atoms with E-state index in [2.05, 4.69) is 15.5 Å². The third-order valence-corrected chi connectivity index (χ3v) is 6.92. The number of hydrogen-bond donors (Lipinski definition) is 2. The first-order chi connectivity index (χ1) is 11.2. The van der Waals surface area contributed by atoms with Gasteiger partial charge in [-0.2, -0.15) is 0 Å². The Balaban J connectivity index is 1.18. The molecule has 130 valence electrons. The van der Waals surface area contributed by atoms with Gasteiger partial charge in [0.25, 0.3) is 0 Å². The largest absolute Gasteiger partial charge is 0.356 e. The van der Waals surface area contributed by atoms with Gasteiger partial charge in [0.15, 0.2) is 0 Å². The van der Waals surface area contributed by atoms with Crippen LogP contribution in [0.15, 0.2) is 0 Å². The molecular formula is C19H33N3O. The Kier molecular flexibility index (Phi) is 4.64. The van der Waals surface area contributed by atoms with Gasteiger partial charge >= 0.3 is 0 Å². The molecule has 4 aliphatic carbocycles. The first kappa shape index (κ1) is 15.9. The van der Waals surface area contributed by atoms with Gasteiger partial charge in [-0.05, 0) is 75.7 Å². The molecule has 1 amide bonds. The van der Waals surface area contributed by atoms with Crippen LogP contribution in [0.2, 0.25) is 0 Å². The van der Waals surface area contributed by atoms with Crippen molar-refractivity contribution in [1.29, 1.82) is 0 Å². The Bertz CT molecular complexity index is 395. The van der Waals surface area contributed by atoms with E-state index in [-0.39, 0.29) is 5.41 Å². The number of nitrogens with zero attached hydrogens (tertiary/aromatic N) is 1. The smallest absolute Gasteiger partial charge is 0.226 e. The molecule has 4 nitrogen and oxygen atoms in total. The summed E-state index contributed by atoms with van der Waals surface area (Å²) in [6, 6.07) is 0. The summed E-state index contributed by atoms with van der Waals surface area (Å²) >= 11 is 0. The van der Waals surface area contributed by atoms with Crippen molar-refractivity contribution in [3.05, 3.63) is 0 Å². The Morgan fingerprint density at radius 3 is 2.22 bits per heavy atom. The van der Waals surface area contributed by atoms with Gasteiger partial charge < -0.3 is 15.5 Å². The highest BCUT2D eigenvalue weighted by Crippen LogP contribution is 2.60. The second-order valence-corrected chi connectivity index (χ2v) is 8.75. The highest BCUT2D eigenvalue weighted by Gasteiger charge is 2.54. The summed E-state index contributed by atoms with van der Waals surface area (Å²) in [7, 11) is 0. The van der Waals surface area contributed by atoms with Crippen LogP contribution < -0.4 is 10.6 Å². The van der Waals surface area contributed by atoms with E-state index in [9.17, 15) is 4.79 Å². The first-order valence-electron chi connectivity index (χ1n) is 9.95. The zero-order chi connectivity index (χ0) is 15.7. The van der Waals surface area contributed by atoms with Gasteiger partial charge in [-0.15, -0.1) is 0 Å². The van der Waals surface area contributed by atoms with Gasteiger partial charge in [-0.3, -0.25) is 4.79 Å². The van der Waals surface area contributed by atoms with Crippen LogP contribution in [-0.2, 0) is 4.79 Å². The Hall–Kier alpha value is -0.610. The summed E-state index contributed by atoms with van der Waals surface area (Å²) in [5.74, 6) is 2.98. The summed E-state index contributed by atoms with van der Waals surface area (Å²) in [4.78, 5) is 15.4. The number of carbonyl (C=O) groups excluding carboxylic acids is 1. The molecule has 0 aromatic rings. The Morgan fingerprint density at radius 1 is 1.00 bits per heavy atom. The number of amides is 1. The maximum atomic E-state index is 12.8. The highest BCUT2D eigenvalue weighted by molar-refractivity contribution is 5.83. The van der Waals surface area contributed by atoms with E-state index in [1.165, 1.54) is 64.6 Å². The molecule has 1 saturated heterocycles. The van der Waals surface area contributed by atoms with Crippen LogP contribution in [0.3, 0.4) is 0 Å². The van der Waals surface area contributed by atoms with Crippen LogP contribution in [-0.4, -0.2) is 50.1 Å². The predicted molar refractivity (Wildman–Crippen MR) is 92.2 cm³/mol. The van der Waals surface area contributed by atoms with Crippen molar-refractivity contribution in [3.63, 3.8) is 0 Å². The second kappa shape index (κ2) is 6.72. The van der Waals surface area contributed by atoms with Crippen molar-refractivity contribution < 1.29 is 4.79 Å². The Morgan fingerprint density at radius 2 is 1.61 bits per heavy atom. The van der Waals surface area contributed by atoms with Crippen molar-refractivity contribution >= 4 is 5.91 Å². The molecule has 4 saturated carbocycles. The molecule has 4 heteroatoms. The van der Waals surface area contributed by atoms with E-state index >= 15 is 0 Å². The zero-order valence-electron chi connectivity index (χ0n) is 14.5. The molecule has 2 N–H and O–H groups in total. The lowest BCUT2D eigenvalue weighted by molar-refractivity contribution is -0.146. The minimum Gasteiger partial charge on any atom is -0.356 e. The lowest BCUT2D eigenvalue weighted by Crippen LogP contribution is -2.53. The molecule has 4 bridgehead atoms. The zero-order valence-corrected chi connectivity index (χ0v) is 14.5. The number of rotatable bonds is 6. The third kappa shape index (κ3) is 3.43. The normalized spacial score (nSPS) is 39.6. The molecule has 0 aromatic heterocycles. The lowest BCUT2D eigenvalue weighted by Gasteiger charge is -2.55. The molecule has 0 radical (unpaired) electrons. The molecule has 1 aliphatic heterocycles. The van der Waals surface area contributed by atoms with E-state index < -0.39 is 0 Å². The van der Waals surface area contributed by atoms with E-state index in [1.54, 1.807) is 0 Å². The fraction of sp³-hybridized carbons (Fsp3) is 0.947. The van der Waals surface area contributed by atoms with Gasteiger partial charge in [0, 0.05) is 38.1 Å². The molecule has 5 fully saturated rings. The lowest BCUT2D eigenvalue weighted by atomic mass is 9.49. The number of hydrogen-bond acceptors (Lipinski definition) is 3. The van der Waals surface area contributed by atoms with Crippen LogP contribution in [0, 0.1) is 23.2 Å². The van der Waals surface area contributed by atoms with Gasteiger partial charge in [-0.1, -0.05) is 0 Å². The van der Waals surface area contributed by atoms with Crippen LogP contribution >= 0.6 is 0 Å². The van der Waals surface area contributed by atoms with Crippen LogP contribution in [0.1, 0.15) is 51.4 Å². The molecule has 5 rings (SSSR count). The summed E-state index contributed by atoms with van der Waals surface area (Å²) in [5, 5.41) is 6.70. The molecule has 0 atom stereocenters. The van der Waals surface area contributed by atoms with E-state index in [4.69, 9.17) is 0 Å². The number of unbranched alkanes of at least 4 members (excludes halogenated alkanes) is 1. The van der Waals surface area contributed by atoms with Crippen molar-refractivity contribution in [1.82, 2.24) is 15.5 Å². The number of nitrogens with one attached hydrogen (secondary N) is 2. The molecule has 0 spiro atoms. The van der Waals surface area contributed by atoms with Crippen molar-refractivity contribution in [2.24, 2.45) is 23.2 Å².